The fraction of sp³-hybridized carbons (Fsp3) is 0.174. The summed E-state index contributed by atoms with van der Waals surface area (Å²) >= 11 is 0. The number of methoxy groups -OCH3 is 1. The van der Waals surface area contributed by atoms with Gasteiger partial charge in [0.25, 0.3) is 5.69 Å². The maximum absolute atomic E-state index is 10.7. The van der Waals surface area contributed by atoms with Gasteiger partial charge in [0.05, 0.1) is 17.7 Å². The quantitative estimate of drug-likeness (QED) is 0.330. The molecule has 0 fully saturated rings. The van der Waals surface area contributed by atoms with Crippen molar-refractivity contribution in [3.63, 3.8) is 0 Å². The lowest BCUT2D eigenvalue weighted by Crippen LogP contribution is -2.01. The molecule has 0 atom stereocenters. The van der Waals surface area contributed by atoms with Crippen LogP contribution in [0, 0.1) is 17.0 Å². The van der Waals surface area contributed by atoms with E-state index in [0.29, 0.717) is 5.71 Å². The van der Waals surface area contributed by atoms with E-state index >= 15 is 0 Å². The van der Waals surface area contributed by atoms with Gasteiger partial charge in [0.1, 0.15) is 18.1 Å². The van der Waals surface area contributed by atoms with Crippen molar-refractivity contribution < 1.29 is 19.6 Å². The molecule has 0 amide bonds. The van der Waals surface area contributed by atoms with Crippen LogP contribution in [0.2, 0.25) is 0 Å². The molecule has 0 radical (unpaired) electrons. The fourth-order valence-corrected chi connectivity index (χ4v) is 2.97. The Kier molecular flexibility index (Phi) is 6.32. The van der Waals surface area contributed by atoms with E-state index in [1.165, 1.54) is 12.1 Å². The molecule has 0 unspecified atom stereocenters. The Labute approximate surface area is 174 Å². The minimum absolute atomic E-state index is 0.0256. The normalized spacial score (nSPS) is 11.2. The van der Waals surface area contributed by atoms with Gasteiger partial charge in [-0.2, -0.15) is 0 Å². The first-order valence-electron chi connectivity index (χ1n) is 9.27. The van der Waals surface area contributed by atoms with Crippen molar-refractivity contribution in [3.05, 3.63) is 87.5 Å². The van der Waals surface area contributed by atoms with Crippen LogP contribution >= 0.6 is 0 Å². The molecule has 1 N–H and O–H groups in total. The molecule has 0 aliphatic heterocycles. The second-order valence-corrected chi connectivity index (χ2v) is 6.79. The number of ether oxygens (including phenoxy) is 1. The summed E-state index contributed by atoms with van der Waals surface area (Å²) in [6.45, 7) is 3.81. The van der Waals surface area contributed by atoms with Crippen LogP contribution in [0.15, 0.2) is 65.8 Å². The highest BCUT2D eigenvalue weighted by molar-refractivity contribution is 6.04. The Hall–Kier alpha value is -3.87. The third kappa shape index (κ3) is 4.75. The largest absolute Gasteiger partial charge is 0.508 e. The number of benzene rings is 3. The molecule has 3 aromatic rings. The molecule has 30 heavy (non-hydrogen) atoms. The zero-order chi connectivity index (χ0) is 21.7. The van der Waals surface area contributed by atoms with Gasteiger partial charge in [-0.3, -0.25) is 10.1 Å². The second-order valence-electron chi connectivity index (χ2n) is 6.79. The monoisotopic (exact) mass is 406 g/mol. The van der Waals surface area contributed by atoms with Crippen LogP contribution in [0.4, 0.5) is 5.69 Å². The van der Waals surface area contributed by atoms with Gasteiger partial charge in [-0.05, 0) is 72.5 Å². The molecule has 154 valence electrons. The number of nitro benzene ring substituents is 1. The van der Waals surface area contributed by atoms with Crippen molar-refractivity contribution in [2.45, 2.75) is 20.5 Å². The summed E-state index contributed by atoms with van der Waals surface area (Å²) in [6, 6.07) is 17.3. The molecule has 0 saturated carbocycles. The minimum atomic E-state index is -0.447. The van der Waals surface area contributed by atoms with Gasteiger partial charge in [-0.25, -0.2) is 0 Å². The molecule has 7 nitrogen and oxygen atoms in total. The van der Waals surface area contributed by atoms with Crippen LogP contribution in [0.5, 0.6) is 11.5 Å². The first kappa shape index (κ1) is 20.9. The second kappa shape index (κ2) is 9.09. The number of aryl methyl sites for hydroxylation is 1. The van der Waals surface area contributed by atoms with Crippen LogP contribution < -0.4 is 4.74 Å². The number of hydrogen-bond donors (Lipinski definition) is 1. The topological polar surface area (TPSA) is 94.2 Å². The van der Waals surface area contributed by atoms with Gasteiger partial charge in [0.2, 0.25) is 0 Å². The SMILES string of the molecule is COc1ccc(-c2cc(C)c(O)cc2/C(C)=N/OCc2ccc([N+](=O)[O-])cc2)cc1. The van der Waals surface area contributed by atoms with E-state index in [-0.39, 0.29) is 18.0 Å². The van der Waals surface area contributed by atoms with E-state index in [1.54, 1.807) is 32.2 Å². The molecular formula is C23H22N2O5. The number of non-ortho nitro benzene ring substituents is 1. The van der Waals surface area contributed by atoms with Crippen LogP contribution in [0.3, 0.4) is 0 Å². The summed E-state index contributed by atoms with van der Waals surface area (Å²) in [6.07, 6.45) is 0. The summed E-state index contributed by atoms with van der Waals surface area (Å²) in [7, 11) is 1.62. The maximum Gasteiger partial charge on any atom is 0.269 e. The average molecular weight is 406 g/mol. The van der Waals surface area contributed by atoms with Crippen molar-refractivity contribution >= 4 is 11.4 Å². The molecule has 3 rings (SSSR count). The van der Waals surface area contributed by atoms with E-state index in [2.05, 4.69) is 5.16 Å². The summed E-state index contributed by atoms with van der Waals surface area (Å²) in [5.74, 6) is 0.930. The molecule has 3 aromatic carbocycles. The van der Waals surface area contributed by atoms with Crippen molar-refractivity contribution in [1.82, 2.24) is 0 Å². The van der Waals surface area contributed by atoms with Gasteiger partial charge < -0.3 is 14.7 Å². The Morgan fingerprint density at radius 2 is 1.77 bits per heavy atom. The highest BCUT2D eigenvalue weighted by Gasteiger charge is 2.13. The van der Waals surface area contributed by atoms with Crippen molar-refractivity contribution in [3.8, 4) is 22.6 Å². The van der Waals surface area contributed by atoms with E-state index in [0.717, 1.165) is 33.6 Å². The minimum Gasteiger partial charge on any atom is -0.508 e. The van der Waals surface area contributed by atoms with Crippen molar-refractivity contribution in [2.75, 3.05) is 7.11 Å². The van der Waals surface area contributed by atoms with Crippen LogP contribution in [0.25, 0.3) is 11.1 Å². The third-order valence-electron chi connectivity index (χ3n) is 4.71. The van der Waals surface area contributed by atoms with Gasteiger partial charge >= 0.3 is 0 Å². The highest BCUT2D eigenvalue weighted by Crippen LogP contribution is 2.31. The van der Waals surface area contributed by atoms with E-state index in [9.17, 15) is 15.2 Å². The van der Waals surface area contributed by atoms with E-state index < -0.39 is 4.92 Å². The number of rotatable bonds is 7. The third-order valence-corrected chi connectivity index (χ3v) is 4.71. The number of aromatic hydroxyl groups is 1. The lowest BCUT2D eigenvalue weighted by molar-refractivity contribution is -0.384. The fourth-order valence-electron chi connectivity index (χ4n) is 2.97. The molecule has 0 heterocycles. The van der Waals surface area contributed by atoms with Crippen molar-refractivity contribution in [2.24, 2.45) is 5.16 Å². The number of nitrogens with zero attached hydrogens (tertiary/aromatic N) is 2. The van der Waals surface area contributed by atoms with Crippen LogP contribution in [-0.4, -0.2) is 22.9 Å². The molecular weight excluding hydrogens is 384 g/mol. The molecule has 0 aromatic heterocycles. The number of nitro groups is 1. The lowest BCUT2D eigenvalue weighted by Gasteiger charge is -2.13. The smallest absolute Gasteiger partial charge is 0.269 e. The Bertz CT molecular complexity index is 1070. The Morgan fingerprint density at radius 1 is 1.10 bits per heavy atom. The summed E-state index contributed by atoms with van der Waals surface area (Å²) in [5, 5.41) is 25.1. The zero-order valence-electron chi connectivity index (χ0n) is 17.0. The predicted molar refractivity (Wildman–Crippen MR) is 115 cm³/mol. The standard InChI is InChI=1S/C23H22N2O5/c1-15-12-22(18-6-10-20(29-3)11-7-18)21(13-23(15)26)16(2)24-30-14-17-4-8-19(9-5-17)25(27)28/h4-13,26H,14H2,1-3H3/b24-16+. The summed E-state index contributed by atoms with van der Waals surface area (Å²) in [5.41, 5.74) is 4.75. The van der Waals surface area contributed by atoms with Crippen LogP contribution in [-0.2, 0) is 11.4 Å². The first-order chi connectivity index (χ1) is 14.4. The molecule has 0 aliphatic carbocycles. The Balaban J connectivity index is 1.84. The first-order valence-corrected chi connectivity index (χ1v) is 9.27. The lowest BCUT2D eigenvalue weighted by atomic mass is 9.94. The Morgan fingerprint density at radius 3 is 2.37 bits per heavy atom. The highest BCUT2D eigenvalue weighted by atomic mass is 16.6. The van der Waals surface area contributed by atoms with Crippen molar-refractivity contribution in [1.29, 1.82) is 0 Å². The number of oxime groups is 1. The molecule has 0 saturated heterocycles. The number of hydrogen-bond acceptors (Lipinski definition) is 6. The van der Waals surface area contributed by atoms with Gasteiger partial charge in [0, 0.05) is 17.7 Å². The van der Waals surface area contributed by atoms with Gasteiger partial charge in [-0.15, -0.1) is 0 Å². The van der Waals surface area contributed by atoms with Crippen LogP contribution in [0.1, 0.15) is 23.6 Å². The molecule has 7 heteroatoms. The average Bonchev–Trinajstić information content (AvgIpc) is 2.75. The van der Waals surface area contributed by atoms with E-state index in [4.69, 9.17) is 9.57 Å². The number of phenolic OH excluding ortho intramolecular Hbond substituents is 1. The van der Waals surface area contributed by atoms with Gasteiger partial charge in [-0.1, -0.05) is 17.3 Å². The summed E-state index contributed by atoms with van der Waals surface area (Å²) in [4.78, 5) is 15.7. The molecule has 0 bridgehead atoms. The maximum atomic E-state index is 10.7. The van der Waals surface area contributed by atoms with E-state index in [1.807, 2.05) is 37.3 Å². The summed E-state index contributed by atoms with van der Waals surface area (Å²) < 4.78 is 5.22. The molecule has 0 spiro atoms. The zero-order valence-corrected chi connectivity index (χ0v) is 17.0. The molecule has 0 aliphatic rings. The predicted octanol–water partition coefficient (Wildman–Crippen LogP) is 5.23. The van der Waals surface area contributed by atoms with Gasteiger partial charge in [0.15, 0.2) is 0 Å². The number of phenols is 1.